The number of likely N-dealkylation sites (N-methyl/N-ethyl adjacent to an activating group) is 1. The number of fused-ring (bicyclic) bond motifs is 1. The van der Waals surface area contributed by atoms with E-state index in [1.807, 2.05) is 0 Å². The number of esters is 1. The Balaban J connectivity index is 2.52. The van der Waals surface area contributed by atoms with Crippen LogP contribution in [0.5, 0.6) is 5.75 Å². The fourth-order valence-electron chi connectivity index (χ4n) is 1.53. The zero-order valence-corrected chi connectivity index (χ0v) is 9.56. The summed E-state index contributed by atoms with van der Waals surface area (Å²) in [6.45, 7) is 0. The Morgan fingerprint density at radius 1 is 1.53 bits per heavy atom. The van der Waals surface area contributed by atoms with Gasteiger partial charge in [-0.1, -0.05) is 11.6 Å². The molecule has 88 valence electrons. The van der Waals surface area contributed by atoms with Gasteiger partial charge < -0.3 is 14.7 Å². The number of benzene rings is 1. The van der Waals surface area contributed by atoms with Gasteiger partial charge in [0, 0.05) is 12.1 Å². The summed E-state index contributed by atoms with van der Waals surface area (Å²) in [7, 11) is 1.57. The van der Waals surface area contributed by atoms with Crippen LogP contribution in [-0.4, -0.2) is 24.1 Å². The minimum Gasteiger partial charge on any atom is -0.478 e. The van der Waals surface area contributed by atoms with Gasteiger partial charge in [-0.05, 0) is 18.2 Å². The fourth-order valence-corrected chi connectivity index (χ4v) is 1.70. The number of carbonyl (C=O) groups excluding carboxylic acids is 1. The Bertz CT molecular complexity index is 538. The minimum absolute atomic E-state index is 0.0488. The third-order valence-corrected chi connectivity index (χ3v) is 2.55. The third-order valence-electron chi connectivity index (χ3n) is 2.32. The summed E-state index contributed by atoms with van der Waals surface area (Å²) in [6, 6.07) is 4.75. The summed E-state index contributed by atoms with van der Waals surface area (Å²) < 4.78 is 5.00. The lowest BCUT2D eigenvalue weighted by molar-refractivity contribution is -0.134. The van der Waals surface area contributed by atoms with Crippen molar-refractivity contribution in [2.24, 2.45) is 0 Å². The first-order valence-electron chi connectivity index (χ1n) is 4.69. The smallest absolute Gasteiger partial charge is 0.360 e. The van der Waals surface area contributed by atoms with Crippen molar-refractivity contribution < 1.29 is 19.4 Å². The number of rotatable bonds is 1. The normalized spacial score (nSPS) is 16.7. The second-order valence-electron chi connectivity index (χ2n) is 3.43. The summed E-state index contributed by atoms with van der Waals surface area (Å²) in [5.74, 6) is -1.57. The van der Waals surface area contributed by atoms with E-state index >= 15 is 0 Å². The molecule has 0 unspecified atom stereocenters. The maximum atomic E-state index is 11.6. The van der Waals surface area contributed by atoms with E-state index in [-0.39, 0.29) is 5.70 Å². The van der Waals surface area contributed by atoms with E-state index in [1.165, 1.54) is 4.90 Å². The molecule has 1 aromatic carbocycles. The lowest BCUT2D eigenvalue weighted by Gasteiger charge is -2.28. The molecule has 0 spiro atoms. The number of hydrogen-bond donors (Lipinski definition) is 1. The van der Waals surface area contributed by atoms with Crippen molar-refractivity contribution in [2.45, 2.75) is 0 Å². The van der Waals surface area contributed by atoms with Crippen LogP contribution in [0.1, 0.15) is 0 Å². The van der Waals surface area contributed by atoms with Gasteiger partial charge in [-0.15, -0.1) is 0 Å². The van der Waals surface area contributed by atoms with Crippen LogP contribution in [0.15, 0.2) is 30.0 Å². The molecule has 1 heterocycles. The van der Waals surface area contributed by atoms with Crippen molar-refractivity contribution in [3.8, 4) is 5.75 Å². The molecule has 5 nitrogen and oxygen atoms in total. The molecule has 0 saturated heterocycles. The van der Waals surface area contributed by atoms with E-state index in [1.54, 1.807) is 25.2 Å². The first-order valence-corrected chi connectivity index (χ1v) is 5.07. The Kier molecular flexibility index (Phi) is 2.77. The van der Waals surface area contributed by atoms with Crippen molar-refractivity contribution in [3.05, 3.63) is 35.0 Å². The molecule has 0 aliphatic carbocycles. The zero-order valence-electron chi connectivity index (χ0n) is 8.81. The second-order valence-corrected chi connectivity index (χ2v) is 3.86. The number of carboxylic acids is 1. The third kappa shape index (κ3) is 2.09. The van der Waals surface area contributed by atoms with E-state index in [2.05, 4.69) is 0 Å². The molecule has 1 aliphatic heterocycles. The van der Waals surface area contributed by atoms with Gasteiger partial charge >= 0.3 is 11.9 Å². The van der Waals surface area contributed by atoms with Crippen LogP contribution in [0.25, 0.3) is 0 Å². The Morgan fingerprint density at radius 2 is 2.24 bits per heavy atom. The number of aliphatic carboxylic acids is 1. The molecule has 0 amide bonds. The first kappa shape index (κ1) is 11.5. The van der Waals surface area contributed by atoms with E-state index in [4.69, 9.17) is 21.4 Å². The molecule has 0 saturated carbocycles. The van der Waals surface area contributed by atoms with Crippen LogP contribution >= 0.6 is 11.6 Å². The Morgan fingerprint density at radius 3 is 2.88 bits per heavy atom. The van der Waals surface area contributed by atoms with Gasteiger partial charge in [0.15, 0.2) is 5.75 Å². The van der Waals surface area contributed by atoms with Gasteiger partial charge in [0.1, 0.15) is 5.70 Å². The summed E-state index contributed by atoms with van der Waals surface area (Å²) >= 11 is 5.83. The second kappa shape index (κ2) is 4.10. The predicted octanol–water partition coefficient (Wildman–Crippen LogP) is 1.66. The van der Waals surface area contributed by atoms with Crippen molar-refractivity contribution in [3.63, 3.8) is 0 Å². The highest BCUT2D eigenvalue weighted by Gasteiger charge is 2.28. The molecular formula is C11H8ClNO4. The fraction of sp³-hybridized carbons (Fsp3) is 0.0909. The Hall–Kier alpha value is -2.01. The number of halogens is 1. The van der Waals surface area contributed by atoms with Crippen LogP contribution in [0.2, 0.25) is 5.02 Å². The van der Waals surface area contributed by atoms with Crippen molar-refractivity contribution in [1.82, 2.24) is 0 Å². The van der Waals surface area contributed by atoms with E-state index in [0.29, 0.717) is 16.5 Å². The molecule has 0 radical (unpaired) electrons. The van der Waals surface area contributed by atoms with Gasteiger partial charge in [-0.3, -0.25) is 0 Å². The van der Waals surface area contributed by atoms with Crippen LogP contribution in [-0.2, 0) is 9.59 Å². The molecule has 1 N–H and O–H groups in total. The zero-order chi connectivity index (χ0) is 12.6. The average molecular weight is 254 g/mol. The highest BCUT2D eigenvalue weighted by molar-refractivity contribution is 6.31. The molecule has 0 atom stereocenters. The van der Waals surface area contributed by atoms with Gasteiger partial charge in [-0.2, -0.15) is 0 Å². The number of ether oxygens (including phenoxy) is 1. The van der Waals surface area contributed by atoms with E-state index in [9.17, 15) is 9.59 Å². The van der Waals surface area contributed by atoms with E-state index in [0.717, 1.165) is 6.08 Å². The molecular weight excluding hydrogens is 246 g/mol. The quantitative estimate of drug-likeness (QED) is 0.468. The molecule has 0 fully saturated rings. The summed E-state index contributed by atoms with van der Waals surface area (Å²) in [4.78, 5) is 23.6. The summed E-state index contributed by atoms with van der Waals surface area (Å²) in [5, 5.41) is 9.14. The van der Waals surface area contributed by atoms with Gasteiger partial charge in [-0.25, -0.2) is 9.59 Å². The van der Waals surface area contributed by atoms with Crippen molar-refractivity contribution >= 4 is 29.2 Å². The molecule has 1 aromatic rings. The number of nitrogens with zero attached hydrogens (tertiary/aromatic N) is 1. The topological polar surface area (TPSA) is 66.8 Å². The SMILES string of the molecule is CN1/C(=C\C(=O)O)C(=O)Oc2ccc(Cl)cc21. The number of carbonyl (C=O) groups is 2. The lowest BCUT2D eigenvalue weighted by Crippen LogP contribution is -2.32. The van der Waals surface area contributed by atoms with Crippen LogP contribution in [0.3, 0.4) is 0 Å². The maximum absolute atomic E-state index is 11.6. The molecule has 0 aromatic heterocycles. The largest absolute Gasteiger partial charge is 0.478 e. The average Bonchev–Trinajstić information content (AvgIpc) is 2.25. The maximum Gasteiger partial charge on any atom is 0.360 e. The highest BCUT2D eigenvalue weighted by Crippen LogP contribution is 2.36. The van der Waals surface area contributed by atoms with Gasteiger partial charge in [0.2, 0.25) is 0 Å². The van der Waals surface area contributed by atoms with Crippen LogP contribution in [0, 0.1) is 0 Å². The molecule has 6 heteroatoms. The van der Waals surface area contributed by atoms with Crippen LogP contribution in [0.4, 0.5) is 5.69 Å². The summed E-state index contributed by atoms with van der Waals surface area (Å²) in [6.07, 6.45) is 0.798. The van der Waals surface area contributed by atoms with Gasteiger partial charge in [0.05, 0.1) is 11.8 Å². The molecule has 1 aliphatic rings. The van der Waals surface area contributed by atoms with E-state index < -0.39 is 11.9 Å². The molecule has 2 rings (SSSR count). The molecule has 0 bridgehead atoms. The standard InChI is InChI=1S/C11H8ClNO4/c1-13-7-4-6(12)2-3-9(7)17-11(16)8(13)5-10(14)15/h2-5H,1H3,(H,14,15)/b8-5-. The highest BCUT2D eigenvalue weighted by atomic mass is 35.5. The number of anilines is 1. The Labute approximate surface area is 102 Å². The first-order chi connectivity index (χ1) is 7.99. The summed E-state index contributed by atoms with van der Waals surface area (Å²) in [5.41, 5.74) is 0.497. The van der Waals surface area contributed by atoms with Crippen molar-refractivity contribution in [2.75, 3.05) is 11.9 Å². The molecule has 17 heavy (non-hydrogen) atoms. The minimum atomic E-state index is -1.21. The monoisotopic (exact) mass is 253 g/mol. The van der Waals surface area contributed by atoms with Gasteiger partial charge in [0.25, 0.3) is 0 Å². The van der Waals surface area contributed by atoms with Crippen LogP contribution < -0.4 is 9.64 Å². The predicted molar refractivity (Wildman–Crippen MR) is 61.2 cm³/mol. The van der Waals surface area contributed by atoms with Crippen molar-refractivity contribution in [1.29, 1.82) is 0 Å². The number of carboxylic acid groups (broad SMARTS) is 1. The number of hydrogen-bond acceptors (Lipinski definition) is 4. The lowest BCUT2D eigenvalue weighted by atomic mass is 10.2.